The van der Waals surface area contributed by atoms with Gasteiger partial charge in [0, 0.05) is 0 Å². The summed E-state index contributed by atoms with van der Waals surface area (Å²) in [7, 11) is 0. The summed E-state index contributed by atoms with van der Waals surface area (Å²) in [6.45, 7) is 7.79. The Hall–Kier alpha value is -0.770. The third kappa shape index (κ3) is 3.83. The fourth-order valence-corrected chi connectivity index (χ4v) is 0.371. The van der Waals surface area contributed by atoms with Crippen molar-refractivity contribution in [1.29, 1.82) is 0 Å². The molecule has 0 fully saturated rings. The average Bonchev–Trinajstić information content (AvgIpc) is 1.85. The molecule has 0 aliphatic rings. The predicted molar refractivity (Wildman–Crippen MR) is 42.7 cm³/mol. The minimum absolute atomic E-state index is 0.0491. The van der Waals surface area contributed by atoms with Gasteiger partial charge in [0.15, 0.2) is 0 Å². The van der Waals surface area contributed by atoms with Gasteiger partial charge < -0.3 is 4.74 Å². The first kappa shape index (κ1) is 10.2. The molecule has 0 rings (SSSR count). The molecule has 4 heteroatoms. The van der Waals surface area contributed by atoms with Gasteiger partial charge in [-0.3, -0.25) is 5.43 Å². The Bertz CT molecular complexity index is 140. The van der Waals surface area contributed by atoms with Crippen molar-refractivity contribution >= 4 is 6.09 Å². The third-order valence-corrected chi connectivity index (χ3v) is 1.62. The lowest BCUT2D eigenvalue weighted by molar-refractivity contribution is 0.0438. The molecule has 0 aromatic rings. The maximum Gasteiger partial charge on any atom is 0.421 e. The van der Waals surface area contributed by atoms with Crippen molar-refractivity contribution in [3.63, 3.8) is 0 Å². The van der Waals surface area contributed by atoms with Crippen molar-refractivity contribution in [2.75, 3.05) is 0 Å². The van der Waals surface area contributed by atoms with Crippen LogP contribution in [0.1, 0.15) is 27.7 Å². The van der Waals surface area contributed by atoms with Crippen molar-refractivity contribution in [2.24, 2.45) is 11.3 Å². The molecule has 0 heterocycles. The van der Waals surface area contributed by atoms with Gasteiger partial charge in [0.25, 0.3) is 0 Å². The van der Waals surface area contributed by atoms with E-state index in [0.717, 1.165) is 0 Å². The molecule has 4 nitrogen and oxygen atoms in total. The summed E-state index contributed by atoms with van der Waals surface area (Å²) in [6, 6.07) is 0. The van der Waals surface area contributed by atoms with Crippen LogP contribution in [0.3, 0.4) is 0 Å². The lowest BCUT2D eigenvalue weighted by Crippen LogP contribution is -2.37. The van der Waals surface area contributed by atoms with Crippen LogP contribution in [0.15, 0.2) is 0 Å². The smallest absolute Gasteiger partial charge is 0.421 e. The average molecular weight is 160 g/mol. The number of nitrogens with two attached hydrogens (primary N) is 1. The quantitative estimate of drug-likeness (QED) is 0.342. The van der Waals surface area contributed by atoms with Gasteiger partial charge in [-0.05, 0) is 12.3 Å². The molecule has 0 aromatic heterocycles. The highest BCUT2D eigenvalue weighted by Gasteiger charge is 2.23. The first-order chi connectivity index (χ1) is 4.88. The van der Waals surface area contributed by atoms with Crippen molar-refractivity contribution in [3.8, 4) is 0 Å². The molecule has 0 saturated heterocycles. The Morgan fingerprint density at radius 1 is 1.55 bits per heavy atom. The van der Waals surface area contributed by atoms with Gasteiger partial charge in [-0.25, -0.2) is 10.6 Å². The normalized spacial score (nSPS) is 13.9. The summed E-state index contributed by atoms with van der Waals surface area (Å²) in [5, 5.41) is 0. The molecule has 0 radical (unpaired) electrons. The van der Waals surface area contributed by atoms with Crippen LogP contribution in [0.25, 0.3) is 0 Å². The predicted octanol–water partition coefficient (Wildman–Crippen LogP) is 1.02. The third-order valence-electron chi connectivity index (χ3n) is 1.62. The zero-order valence-corrected chi connectivity index (χ0v) is 7.47. The Morgan fingerprint density at radius 2 is 2.00 bits per heavy atom. The SMILES string of the molecule is C[C@@H](OC(=O)NN)C(C)(C)C. The maximum atomic E-state index is 10.6. The molecule has 3 N–H and O–H groups in total. The van der Waals surface area contributed by atoms with E-state index in [0.29, 0.717) is 0 Å². The molecule has 0 saturated carbocycles. The van der Waals surface area contributed by atoms with E-state index in [9.17, 15) is 4.79 Å². The standard InChI is InChI=1S/C7H16N2O2/c1-5(7(2,3)4)11-6(10)9-8/h5H,8H2,1-4H3,(H,9,10)/t5-/m1/s1. The molecule has 0 unspecified atom stereocenters. The molecule has 0 spiro atoms. The Balaban J connectivity index is 3.87. The van der Waals surface area contributed by atoms with Crippen LogP contribution in [0, 0.1) is 5.41 Å². The Kier molecular flexibility index (Phi) is 3.32. The number of nitrogens with one attached hydrogen (secondary N) is 1. The van der Waals surface area contributed by atoms with E-state index >= 15 is 0 Å². The minimum atomic E-state index is -0.590. The summed E-state index contributed by atoms with van der Waals surface area (Å²) in [4.78, 5) is 10.6. The monoisotopic (exact) mass is 160 g/mol. The molecule has 11 heavy (non-hydrogen) atoms. The van der Waals surface area contributed by atoms with Crippen LogP contribution in [0.5, 0.6) is 0 Å². The summed E-state index contributed by atoms with van der Waals surface area (Å²) < 4.78 is 4.89. The maximum absolute atomic E-state index is 10.6. The van der Waals surface area contributed by atoms with Crippen molar-refractivity contribution in [2.45, 2.75) is 33.8 Å². The molecule has 1 amide bonds. The molecule has 66 valence electrons. The highest BCUT2D eigenvalue weighted by atomic mass is 16.6. The first-order valence-corrected chi connectivity index (χ1v) is 3.55. The van der Waals surface area contributed by atoms with E-state index in [1.165, 1.54) is 0 Å². The van der Waals surface area contributed by atoms with E-state index in [1.807, 2.05) is 33.1 Å². The zero-order chi connectivity index (χ0) is 9.07. The van der Waals surface area contributed by atoms with Crippen LogP contribution in [0.4, 0.5) is 4.79 Å². The number of carbonyl (C=O) groups excluding carboxylic acids is 1. The van der Waals surface area contributed by atoms with Crippen molar-refractivity contribution in [1.82, 2.24) is 5.43 Å². The number of amides is 1. The molecule has 0 aliphatic carbocycles. The zero-order valence-electron chi connectivity index (χ0n) is 7.47. The van der Waals surface area contributed by atoms with Gasteiger partial charge >= 0.3 is 6.09 Å². The van der Waals surface area contributed by atoms with Gasteiger partial charge in [0.1, 0.15) is 6.10 Å². The molecule has 1 atom stereocenters. The molecule has 0 aliphatic heterocycles. The van der Waals surface area contributed by atoms with Gasteiger partial charge in [-0.1, -0.05) is 20.8 Å². The Morgan fingerprint density at radius 3 is 2.27 bits per heavy atom. The largest absolute Gasteiger partial charge is 0.445 e. The van der Waals surface area contributed by atoms with Crippen molar-refractivity contribution < 1.29 is 9.53 Å². The second-order valence-electron chi connectivity index (χ2n) is 3.56. The van der Waals surface area contributed by atoms with Crippen LogP contribution < -0.4 is 11.3 Å². The number of ether oxygens (including phenoxy) is 1. The van der Waals surface area contributed by atoms with E-state index in [2.05, 4.69) is 0 Å². The fraction of sp³-hybridized carbons (Fsp3) is 0.857. The molecular formula is C7H16N2O2. The van der Waals surface area contributed by atoms with E-state index in [4.69, 9.17) is 10.6 Å². The number of hydrogen-bond acceptors (Lipinski definition) is 3. The van der Waals surface area contributed by atoms with E-state index in [1.54, 1.807) is 0 Å². The number of hydrogen-bond donors (Lipinski definition) is 2. The molecular weight excluding hydrogens is 144 g/mol. The summed E-state index contributed by atoms with van der Waals surface area (Å²) in [5.74, 6) is 4.84. The number of hydrazine groups is 1. The minimum Gasteiger partial charge on any atom is -0.445 e. The highest BCUT2D eigenvalue weighted by Crippen LogP contribution is 2.21. The van der Waals surface area contributed by atoms with E-state index in [-0.39, 0.29) is 11.5 Å². The van der Waals surface area contributed by atoms with Crippen LogP contribution in [-0.2, 0) is 4.74 Å². The number of carbonyl (C=O) groups is 1. The van der Waals surface area contributed by atoms with Crippen LogP contribution >= 0.6 is 0 Å². The van der Waals surface area contributed by atoms with E-state index < -0.39 is 6.09 Å². The van der Waals surface area contributed by atoms with Crippen LogP contribution in [-0.4, -0.2) is 12.2 Å². The van der Waals surface area contributed by atoms with Gasteiger partial charge in [-0.15, -0.1) is 0 Å². The second-order valence-corrected chi connectivity index (χ2v) is 3.56. The fourth-order valence-electron chi connectivity index (χ4n) is 0.371. The highest BCUT2D eigenvalue weighted by molar-refractivity contribution is 5.66. The van der Waals surface area contributed by atoms with Gasteiger partial charge in [-0.2, -0.15) is 0 Å². The number of rotatable bonds is 1. The topological polar surface area (TPSA) is 64.3 Å². The lowest BCUT2D eigenvalue weighted by Gasteiger charge is -2.26. The van der Waals surface area contributed by atoms with Crippen molar-refractivity contribution in [3.05, 3.63) is 0 Å². The Labute approximate surface area is 67.1 Å². The molecule has 0 bridgehead atoms. The second kappa shape index (κ2) is 3.57. The summed E-state index contributed by atoms with van der Waals surface area (Å²) >= 11 is 0. The summed E-state index contributed by atoms with van der Waals surface area (Å²) in [5.41, 5.74) is 1.86. The van der Waals surface area contributed by atoms with Crippen LogP contribution in [0.2, 0.25) is 0 Å². The first-order valence-electron chi connectivity index (χ1n) is 3.55. The van der Waals surface area contributed by atoms with Gasteiger partial charge in [0.2, 0.25) is 0 Å². The molecule has 0 aromatic carbocycles. The lowest BCUT2D eigenvalue weighted by atomic mass is 9.90. The summed E-state index contributed by atoms with van der Waals surface area (Å²) in [6.07, 6.45) is -0.738. The van der Waals surface area contributed by atoms with Gasteiger partial charge in [0.05, 0.1) is 0 Å².